The van der Waals surface area contributed by atoms with E-state index in [1.54, 1.807) is 26.0 Å². The van der Waals surface area contributed by atoms with E-state index in [1.807, 2.05) is 0 Å². The predicted octanol–water partition coefficient (Wildman–Crippen LogP) is 2.83. The minimum absolute atomic E-state index is 0.0545. The molecule has 0 bridgehead atoms. The molecule has 0 fully saturated rings. The molecule has 15 heavy (non-hydrogen) atoms. The van der Waals surface area contributed by atoms with Crippen molar-refractivity contribution in [2.75, 3.05) is 0 Å². The SMILES string of the molecule is CC(=O)/C(C)=C/c1cc(C)c(O)c(F)c1. The fraction of sp³-hybridized carbons (Fsp3) is 0.250. The van der Waals surface area contributed by atoms with Crippen molar-refractivity contribution < 1.29 is 14.3 Å². The highest BCUT2D eigenvalue weighted by Crippen LogP contribution is 2.23. The number of carbonyl (C=O) groups excluding carboxylic acids is 1. The summed E-state index contributed by atoms with van der Waals surface area (Å²) in [7, 11) is 0. The highest BCUT2D eigenvalue weighted by molar-refractivity contribution is 5.97. The lowest BCUT2D eigenvalue weighted by Gasteiger charge is -2.03. The van der Waals surface area contributed by atoms with E-state index in [-0.39, 0.29) is 11.5 Å². The van der Waals surface area contributed by atoms with Gasteiger partial charge in [0, 0.05) is 0 Å². The molecule has 0 aromatic heterocycles. The third-order valence-electron chi connectivity index (χ3n) is 2.21. The molecule has 0 aliphatic rings. The summed E-state index contributed by atoms with van der Waals surface area (Å²) in [6, 6.07) is 2.83. The van der Waals surface area contributed by atoms with Crippen LogP contribution >= 0.6 is 0 Å². The highest BCUT2D eigenvalue weighted by atomic mass is 19.1. The molecule has 0 aliphatic carbocycles. The molecule has 2 nitrogen and oxygen atoms in total. The number of allylic oxidation sites excluding steroid dienone is 1. The van der Waals surface area contributed by atoms with Gasteiger partial charge in [0.2, 0.25) is 0 Å². The van der Waals surface area contributed by atoms with Gasteiger partial charge in [0.1, 0.15) is 0 Å². The van der Waals surface area contributed by atoms with Crippen LogP contribution in [0.15, 0.2) is 17.7 Å². The molecule has 0 saturated carbocycles. The second kappa shape index (κ2) is 4.26. The second-order valence-corrected chi connectivity index (χ2v) is 3.55. The Hall–Kier alpha value is -1.64. The Morgan fingerprint density at radius 1 is 1.40 bits per heavy atom. The second-order valence-electron chi connectivity index (χ2n) is 3.55. The van der Waals surface area contributed by atoms with E-state index in [0.29, 0.717) is 16.7 Å². The third-order valence-corrected chi connectivity index (χ3v) is 2.21. The van der Waals surface area contributed by atoms with Crippen molar-refractivity contribution in [3.63, 3.8) is 0 Å². The molecule has 0 unspecified atom stereocenters. The van der Waals surface area contributed by atoms with Crippen molar-refractivity contribution in [2.24, 2.45) is 0 Å². The van der Waals surface area contributed by atoms with Gasteiger partial charge in [-0.15, -0.1) is 0 Å². The van der Waals surface area contributed by atoms with Crippen molar-refractivity contribution in [1.29, 1.82) is 0 Å². The van der Waals surface area contributed by atoms with Crippen LogP contribution in [0.3, 0.4) is 0 Å². The minimum Gasteiger partial charge on any atom is -0.505 e. The molecule has 1 aromatic rings. The molecule has 0 amide bonds. The van der Waals surface area contributed by atoms with Crippen LogP contribution < -0.4 is 0 Å². The number of phenols is 1. The van der Waals surface area contributed by atoms with Gasteiger partial charge >= 0.3 is 0 Å². The molecule has 0 saturated heterocycles. The molecular formula is C12H13FO2. The van der Waals surface area contributed by atoms with Gasteiger partial charge in [0.25, 0.3) is 0 Å². The van der Waals surface area contributed by atoms with Gasteiger partial charge in [-0.2, -0.15) is 0 Å². The Labute approximate surface area is 88.1 Å². The molecule has 80 valence electrons. The van der Waals surface area contributed by atoms with E-state index in [9.17, 15) is 14.3 Å². The summed E-state index contributed by atoms with van der Waals surface area (Å²) < 4.78 is 13.1. The smallest absolute Gasteiger partial charge is 0.165 e. The summed E-state index contributed by atoms with van der Waals surface area (Å²) >= 11 is 0. The van der Waals surface area contributed by atoms with Crippen molar-refractivity contribution >= 4 is 11.9 Å². The summed E-state index contributed by atoms with van der Waals surface area (Å²) in [5.41, 5.74) is 1.59. The molecule has 0 spiro atoms. The lowest BCUT2D eigenvalue weighted by atomic mass is 10.1. The Kier molecular flexibility index (Phi) is 3.24. The summed E-state index contributed by atoms with van der Waals surface area (Å²) in [5, 5.41) is 9.21. The van der Waals surface area contributed by atoms with Crippen LogP contribution in [0.2, 0.25) is 0 Å². The normalized spacial score (nSPS) is 11.6. The topological polar surface area (TPSA) is 37.3 Å². The Morgan fingerprint density at radius 3 is 2.47 bits per heavy atom. The first-order chi connectivity index (χ1) is 6.91. The molecule has 0 radical (unpaired) electrons. The Morgan fingerprint density at radius 2 is 2.00 bits per heavy atom. The van der Waals surface area contributed by atoms with Crippen LogP contribution in [-0.4, -0.2) is 10.9 Å². The maximum absolute atomic E-state index is 13.1. The average Bonchev–Trinajstić information content (AvgIpc) is 2.13. The molecule has 1 rings (SSSR count). The first-order valence-corrected chi connectivity index (χ1v) is 4.60. The van der Waals surface area contributed by atoms with Crippen LogP contribution in [0.25, 0.3) is 6.08 Å². The van der Waals surface area contributed by atoms with Crippen LogP contribution in [0, 0.1) is 12.7 Å². The lowest BCUT2D eigenvalue weighted by molar-refractivity contribution is -0.113. The van der Waals surface area contributed by atoms with Crippen LogP contribution in [0.1, 0.15) is 25.0 Å². The highest BCUT2D eigenvalue weighted by Gasteiger charge is 2.05. The molecule has 3 heteroatoms. The molecule has 0 atom stereocenters. The molecule has 0 heterocycles. The van der Waals surface area contributed by atoms with Crippen LogP contribution in [-0.2, 0) is 4.79 Å². The molecule has 1 aromatic carbocycles. The molecule has 1 N–H and O–H groups in total. The monoisotopic (exact) mass is 208 g/mol. The number of rotatable bonds is 2. The maximum atomic E-state index is 13.1. The number of halogens is 1. The fourth-order valence-electron chi connectivity index (χ4n) is 1.20. The largest absolute Gasteiger partial charge is 0.505 e. The summed E-state index contributed by atoms with van der Waals surface area (Å²) in [4.78, 5) is 11.0. The van der Waals surface area contributed by atoms with E-state index < -0.39 is 5.82 Å². The number of hydrogen-bond acceptors (Lipinski definition) is 2. The van der Waals surface area contributed by atoms with Gasteiger partial charge in [-0.05, 0) is 55.7 Å². The van der Waals surface area contributed by atoms with Crippen molar-refractivity contribution in [2.45, 2.75) is 20.8 Å². The zero-order valence-corrected chi connectivity index (χ0v) is 8.97. The van der Waals surface area contributed by atoms with Gasteiger partial charge in [-0.3, -0.25) is 4.79 Å². The van der Waals surface area contributed by atoms with Crippen molar-refractivity contribution in [1.82, 2.24) is 0 Å². The fourth-order valence-corrected chi connectivity index (χ4v) is 1.20. The molecular weight excluding hydrogens is 195 g/mol. The minimum atomic E-state index is -0.669. The van der Waals surface area contributed by atoms with E-state index >= 15 is 0 Å². The number of phenolic OH excluding ortho intramolecular Hbond substituents is 1. The first-order valence-electron chi connectivity index (χ1n) is 4.60. The van der Waals surface area contributed by atoms with E-state index in [4.69, 9.17) is 0 Å². The van der Waals surface area contributed by atoms with E-state index in [1.165, 1.54) is 13.0 Å². The average molecular weight is 208 g/mol. The third kappa shape index (κ3) is 2.65. The predicted molar refractivity (Wildman–Crippen MR) is 57.1 cm³/mol. The van der Waals surface area contributed by atoms with Gasteiger partial charge in [-0.25, -0.2) is 4.39 Å². The van der Waals surface area contributed by atoms with Crippen LogP contribution in [0.5, 0.6) is 5.75 Å². The quantitative estimate of drug-likeness (QED) is 0.759. The number of aromatic hydroxyl groups is 1. The van der Waals surface area contributed by atoms with Gasteiger partial charge in [0.05, 0.1) is 0 Å². The van der Waals surface area contributed by atoms with Crippen molar-refractivity contribution in [3.05, 3.63) is 34.6 Å². The van der Waals surface area contributed by atoms with Crippen LogP contribution in [0.4, 0.5) is 4.39 Å². The lowest BCUT2D eigenvalue weighted by Crippen LogP contribution is -1.91. The zero-order valence-electron chi connectivity index (χ0n) is 8.97. The summed E-state index contributed by atoms with van der Waals surface area (Å²) in [6.45, 7) is 4.73. The summed E-state index contributed by atoms with van der Waals surface area (Å²) in [6.07, 6.45) is 1.60. The molecule has 0 aliphatic heterocycles. The number of aryl methyl sites for hydroxylation is 1. The van der Waals surface area contributed by atoms with E-state index in [2.05, 4.69) is 0 Å². The van der Waals surface area contributed by atoms with Gasteiger partial charge in [0.15, 0.2) is 17.3 Å². The Bertz CT molecular complexity index is 410. The Balaban J connectivity index is 3.18. The number of carbonyl (C=O) groups is 1. The standard InChI is InChI=1S/C12H13FO2/c1-7(9(3)14)4-10-5-8(2)12(15)11(13)6-10/h4-6,15H,1-3H3/b7-4+. The number of hydrogen-bond donors (Lipinski definition) is 1. The number of Topliss-reactive ketones (excluding diaryl/α,β-unsaturated/α-hetero) is 1. The van der Waals surface area contributed by atoms with Gasteiger partial charge in [-0.1, -0.05) is 0 Å². The van der Waals surface area contributed by atoms with E-state index in [0.717, 1.165) is 0 Å². The maximum Gasteiger partial charge on any atom is 0.165 e. The zero-order chi connectivity index (χ0) is 11.6. The number of ketones is 1. The van der Waals surface area contributed by atoms with Gasteiger partial charge < -0.3 is 5.11 Å². The summed E-state index contributed by atoms with van der Waals surface area (Å²) in [5.74, 6) is -1.06. The number of benzene rings is 1. The van der Waals surface area contributed by atoms with Crippen molar-refractivity contribution in [3.8, 4) is 5.75 Å². The first kappa shape index (κ1) is 11.4.